The number of carbonyl (C=O) groups is 1. The molecule has 1 heterocycles. The lowest BCUT2D eigenvalue weighted by molar-refractivity contribution is -0.139. The van der Waals surface area contributed by atoms with Crippen LogP contribution < -0.4 is 10.2 Å². The Balaban J connectivity index is 2.40. The van der Waals surface area contributed by atoms with E-state index in [9.17, 15) is 18.0 Å². The summed E-state index contributed by atoms with van der Waals surface area (Å²) in [6.45, 7) is 2.06. The molecule has 0 unspecified atom stereocenters. The number of amides is 1. The van der Waals surface area contributed by atoms with Crippen LogP contribution in [0.25, 0.3) is 0 Å². The van der Waals surface area contributed by atoms with Crippen LogP contribution in [-0.4, -0.2) is 36.8 Å². The smallest absolute Gasteiger partial charge is 0.419 e. The van der Waals surface area contributed by atoms with E-state index in [4.69, 9.17) is 4.74 Å². The molecule has 1 aromatic carbocycles. The Morgan fingerprint density at radius 2 is 2.14 bits per heavy atom. The second-order valence-electron chi connectivity index (χ2n) is 4.88. The number of hydrogen-bond donors (Lipinski definition) is 1. The van der Waals surface area contributed by atoms with Gasteiger partial charge in [-0.15, -0.1) is 0 Å². The standard InChI is InChI=1S/C14H16F3N3O2/c1-3-6-22-11-5-4-9(7-10(11)14(15,16)17)13-19-18-12(21)8-20(13)2/h4-5,7H,3,6,8H2,1-2H3,(H,18,21). The van der Waals surface area contributed by atoms with Crippen molar-refractivity contribution in [2.45, 2.75) is 19.5 Å². The van der Waals surface area contributed by atoms with Crippen molar-refractivity contribution in [3.05, 3.63) is 29.3 Å². The van der Waals surface area contributed by atoms with E-state index in [0.717, 1.165) is 6.07 Å². The van der Waals surface area contributed by atoms with Crippen LogP contribution in [0.15, 0.2) is 23.3 Å². The Bertz CT molecular complexity index is 599. The fraction of sp³-hybridized carbons (Fsp3) is 0.429. The highest BCUT2D eigenvalue weighted by Gasteiger charge is 2.35. The van der Waals surface area contributed by atoms with E-state index in [1.807, 2.05) is 6.92 Å². The van der Waals surface area contributed by atoms with E-state index >= 15 is 0 Å². The third kappa shape index (κ3) is 3.49. The van der Waals surface area contributed by atoms with Crippen molar-refractivity contribution in [1.29, 1.82) is 0 Å². The number of carbonyl (C=O) groups excluding carboxylic acids is 1. The number of halogens is 3. The molecule has 0 aromatic heterocycles. The summed E-state index contributed by atoms with van der Waals surface area (Å²) in [4.78, 5) is 12.7. The minimum Gasteiger partial charge on any atom is -0.493 e. The predicted molar refractivity (Wildman–Crippen MR) is 74.5 cm³/mol. The molecule has 22 heavy (non-hydrogen) atoms. The molecule has 0 radical (unpaired) electrons. The number of hydrazone groups is 1. The van der Waals surface area contributed by atoms with Gasteiger partial charge in [0, 0.05) is 12.6 Å². The first kappa shape index (κ1) is 16.1. The first-order chi connectivity index (χ1) is 10.3. The first-order valence-corrected chi connectivity index (χ1v) is 6.75. The zero-order valence-corrected chi connectivity index (χ0v) is 12.2. The Morgan fingerprint density at radius 1 is 1.41 bits per heavy atom. The summed E-state index contributed by atoms with van der Waals surface area (Å²) in [6, 6.07) is 3.76. The number of ether oxygens (including phenoxy) is 1. The molecule has 0 fully saturated rings. The third-order valence-corrected chi connectivity index (χ3v) is 3.03. The van der Waals surface area contributed by atoms with Crippen LogP contribution in [0.4, 0.5) is 13.2 Å². The SMILES string of the molecule is CCCOc1ccc(C2=NNC(=O)CN2C)cc1C(F)(F)F. The van der Waals surface area contributed by atoms with E-state index in [-0.39, 0.29) is 36.2 Å². The van der Waals surface area contributed by atoms with Gasteiger partial charge in [-0.3, -0.25) is 4.79 Å². The number of amidine groups is 1. The molecule has 1 aromatic rings. The highest BCUT2D eigenvalue weighted by Crippen LogP contribution is 2.37. The molecule has 0 saturated heterocycles. The molecular weight excluding hydrogens is 299 g/mol. The molecule has 0 spiro atoms. The molecule has 1 aliphatic heterocycles. The van der Waals surface area contributed by atoms with Crippen molar-refractivity contribution < 1.29 is 22.7 Å². The molecule has 120 valence electrons. The Labute approximate surface area is 125 Å². The third-order valence-electron chi connectivity index (χ3n) is 3.03. The molecule has 0 bridgehead atoms. The monoisotopic (exact) mass is 315 g/mol. The van der Waals surface area contributed by atoms with Gasteiger partial charge in [-0.25, -0.2) is 5.43 Å². The molecule has 2 rings (SSSR count). The van der Waals surface area contributed by atoms with Crippen LogP contribution in [0, 0.1) is 0 Å². The molecule has 1 N–H and O–H groups in total. The van der Waals surface area contributed by atoms with Crippen molar-refractivity contribution >= 4 is 11.7 Å². The van der Waals surface area contributed by atoms with Gasteiger partial charge in [-0.1, -0.05) is 6.92 Å². The van der Waals surface area contributed by atoms with E-state index in [0.29, 0.717) is 6.42 Å². The topological polar surface area (TPSA) is 53.9 Å². The minimum absolute atomic E-state index is 0.0360. The maximum absolute atomic E-state index is 13.2. The molecule has 1 aliphatic rings. The van der Waals surface area contributed by atoms with E-state index < -0.39 is 11.7 Å². The lowest BCUT2D eigenvalue weighted by atomic mass is 10.1. The number of rotatable bonds is 4. The van der Waals surface area contributed by atoms with Crippen LogP contribution in [-0.2, 0) is 11.0 Å². The van der Waals surface area contributed by atoms with Crippen LogP contribution in [0.3, 0.4) is 0 Å². The van der Waals surface area contributed by atoms with Crippen molar-refractivity contribution in [2.75, 3.05) is 20.2 Å². The van der Waals surface area contributed by atoms with Crippen molar-refractivity contribution in [3.8, 4) is 5.75 Å². The zero-order chi connectivity index (χ0) is 16.3. The molecule has 0 aliphatic carbocycles. The van der Waals surface area contributed by atoms with Crippen LogP contribution in [0.1, 0.15) is 24.5 Å². The summed E-state index contributed by atoms with van der Waals surface area (Å²) < 4.78 is 44.7. The molecule has 0 atom stereocenters. The number of alkyl halides is 3. The summed E-state index contributed by atoms with van der Waals surface area (Å²) in [6.07, 6.45) is -3.92. The molecule has 1 amide bonds. The quantitative estimate of drug-likeness (QED) is 0.927. The number of nitrogens with one attached hydrogen (secondary N) is 1. The van der Waals surface area contributed by atoms with Gasteiger partial charge in [-0.05, 0) is 24.6 Å². The number of likely N-dealkylation sites (N-methyl/N-ethyl adjacent to an activating group) is 1. The Kier molecular flexibility index (Phi) is 4.58. The maximum Gasteiger partial charge on any atom is 0.419 e. The van der Waals surface area contributed by atoms with Crippen molar-refractivity contribution in [1.82, 2.24) is 10.3 Å². The average molecular weight is 315 g/mol. The Hall–Kier alpha value is -2.25. The molecular formula is C14H16F3N3O2. The highest BCUT2D eigenvalue weighted by atomic mass is 19.4. The largest absolute Gasteiger partial charge is 0.493 e. The zero-order valence-electron chi connectivity index (χ0n) is 12.2. The lowest BCUT2D eigenvalue weighted by Crippen LogP contribution is -2.43. The molecule has 5 nitrogen and oxygen atoms in total. The number of nitrogens with zero attached hydrogens (tertiary/aromatic N) is 2. The second-order valence-corrected chi connectivity index (χ2v) is 4.88. The van der Waals surface area contributed by atoms with E-state index in [1.165, 1.54) is 17.0 Å². The Morgan fingerprint density at radius 3 is 2.73 bits per heavy atom. The van der Waals surface area contributed by atoms with Crippen LogP contribution in [0.2, 0.25) is 0 Å². The van der Waals surface area contributed by atoms with E-state index in [2.05, 4.69) is 10.5 Å². The normalized spacial score (nSPS) is 15.4. The van der Waals surface area contributed by atoms with Crippen molar-refractivity contribution in [3.63, 3.8) is 0 Å². The number of benzene rings is 1. The number of hydrogen-bond acceptors (Lipinski definition) is 4. The van der Waals surface area contributed by atoms with Gasteiger partial charge < -0.3 is 9.64 Å². The van der Waals surface area contributed by atoms with Gasteiger partial charge in [0.25, 0.3) is 5.91 Å². The summed E-state index contributed by atoms with van der Waals surface area (Å²) in [5.74, 6) is -0.251. The van der Waals surface area contributed by atoms with Crippen LogP contribution >= 0.6 is 0 Å². The first-order valence-electron chi connectivity index (χ1n) is 6.75. The second kappa shape index (κ2) is 6.25. The molecule has 0 saturated carbocycles. The summed E-state index contributed by atoms with van der Waals surface area (Å²) in [7, 11) is 1.59. The van der Waals surface area contributed by atoms with Gasteiger partial charge in [0.2, 0.25) is 0 Å². The minimum atomic E-state index is -4.53. The fourth-order valence-electron chi connectivity index (χ4n) is 2.04. The van der Waals surface area contributed by atoms with Gasteiger partial charge >= 0.3 is 6.18 Å². The van der Waals surface area contributed by atoms with Gasteiger partial charge in [0.05, 0.1) is 18.7 Å². The summed E-state index contributed by atoms with van der Waals surface area (Å²) >= 11 is 0. The average Bonchev–Trinajstić information content (AvgIpc) is 2.44. The van der Waals surface area contributed by atoms with Crippen LogP contribution in [0.5, 0.6) is 5.75 Å². The summed E-state index contributed by atoms with van der Waals surface area (Å²) in [5.41, 5.74) is 1.67. The van der Waals surface area contributed by atoms with Gasteiger partial charge in [-0.2, -0.15) is 18.3 Å². The fourth-order valence-corrected chi connectivity index (χ4v) is 2.04. The predicted octanol–water partition coefficient (Wildman–Crippen LogP) is 2.22. The lowest BCUT2D eigenvalue weighted by Gasteiger charge is -2.25. The highest BCUT2D eigenvalue weighted by molar-refractivity contribution is 6.02. The van der Waals surface area contributed by atoms with Gasteiger partial charge in [0.1, 0.15) is 5.75 Å². The van der Waals surface area contributed by atoms with Gasteiger partial charge in [0.15, 0.2) is 5.84 Å². The van der Waals surface area contributed by atoms with E-state index in [1.54, 1.807) is 7.05 Å². The van der Waals surface area contributed by atoms with Crippen molar-refractivity contribution in [2.24, 2.45) is 5.10 Å². The summed E-state index contributed by atoms with van der Waals surface area (Å²) in [5, 5.41) is 3.81. The maximum atomic E-state index is 13.2. The molecule has 8 heteroatoms.